The number of Topliss-reactive ketones (excluding diaryl/α,β-unsaturated/α-hetero) is 1. The fourth-order valence-corrected chi connectivity index (χ4v) is 3.19. The van der Waals surface area contributed by atoms with Crippen LogP contribution in [-0.4, -0.2) is 45.1 Å². The summed E-state index contributed by atoms with van der Waals surface area (Å²) in [7, 11) is 0. The Morgan fingerprint density at radius 3 is 2.29 bits per heavy atom. The van der Waals surface area contributed by atoms with Crippen molar-refractivity contribution >= 4 is 35.2 Å². The number of carbonyl (C=O) groups excluding carboxylic acids is 1. The van der Waals surface area contributed by atoms with Crippen molar-refractivity contribution in [2.24, 2.45) is 0 Å². The van der Waals surface area contributed by atoms with Crippen molar-refractivity contribution in [1.82, 2.24) is 4.90 Å². The minimum absolute atomic E-state index is 0.195. The zero-order chi connectivity index (χ0) is 16.0. The summed E-state index contributed by atoms with van der Waals surface area (Å²) in [5, 5.41) is 9.44. The second-order valence-corrected chi connectivity index (χ2v) is 6.92. The van der Waals surface area contributed by atoms with E-state index in [4.69, 9.17) is 11.6 Å². The number of carboxylic acid groups (broad SMARTS) is 1. The number of ketones is 1. The third-order valence-corrected chi connectivity index (χ3v) is 4.25. The Bertz CT molecular complexity index is 487. The molecule has 1 aromatic rings. The topological polar surface area (TPSA) is 57.6 Å². The van der Waals surface area contributed by atoms with E-state index in [-0.39, 0.29) is 11.7 Å². The number of carbonyl (C=O) groups is 2. The molecule has 6 heteroatoms. The molecule has 0 radical (unpaired) electrons. The molecule has 0 spiro atoms. The van der Waals surface area contributed by atoms with Crippen LogP contribution in [0, 0.1) is 0 Å². The molecule has 0 heterocycles. The number of thioether (sulfide) groups is 1. The van der Waals surface area contributed by atoms with Crippen LogP contribution in [0.5, 0.6) is 0 Å². The molecule has 1 N–H and O–H groups in total. The third-order valence-electron chi connectivity index (χ3n) is 2.89. The van der Waals surface area contributed by atoms with Crippen LogP contribution in [0.25, 0.3) is 0 Å². The van der Waals surface area contributed by atoms with Crippen LogP contribution in [-0.2, 0) is 4.79 Å². The number of benzene rings is 1. The number of halogens is 1. The maximum Gasteiger partial charge on any atom is 0.408 e. The van der Waals surface area contributed by atoms with Crippen LogP contribution in [0.4, 0.5) is 4.79 Å². The lowest BCUT2D eigenvalue weighted by molar-refractivity contribution is -0.122. The molecule has 4 nitrogen and oxygen atoms in total. The van der Waals surface area contributed by atoms with Gasteiger partial charge in [0, 0.05) is 16.2 Å². The molecule has 0 aliphatic carbocycles. The van der Waals surface area contributed by atoms with E-state index < -0.39 is 17.7 Å². The highest BCUT2D eigenvalue weighted by atomic mass is 35.5. The molecule has 0 aliphatic heterocycles. The maximum atomic E-state index is 12.1. The minimum atomic E-state index is -1.11. The molecular formula is C15H20ClNO3S. The lowest BCUT2D eigenvalue weighted by Crippen LogP contribution is -2.55. The standard InChI is InChI=1S/C15H20ClNO3S/c1-15(2,3)17(14(19)20)12(13(18)9-16)10-21-11-7-5-4-6-8-11/h4-8,12H,9-10H2,1-3H3,(H,19,20)/t12-/m0/s1. The van der Waals surface area contributed by atoms with Gasteiger partial charge in [-0.3, -0.25) is 9.69 Å². The van der Waals surface area contributed by atoms with Gasteiger partial charge in [0.2, 0.25) is 0 Å². The molecule has 0 saturated carbocycles. The van der Waals surface area contributed by atoms with Crippen molar-refractivity contribution < 1.29 is 14.7 Å². The molecule has 116 valence electrons. The maximum absolute atomic E-state index is 12.1. The molecule has 1 aromatic carbocycles. The predicted octanol–water partition coefficient (Wildman–Crippen LogP) is 3.73. The normalized spacial score (nSPS) is 12.8. The fourth-order valence-electron chi connectivity index (χ4n) is 1.98. The Morgan fingerprint density at radius 1 is 1.29 bits per heavy atom. The summed E-state index contributed by atoms with van der Waals surface area (Å²) >= 11 is 7.10. The number of hydrogen-bond acceptors (Lipinski definition) is 3. The molecule has 0 fully saturated rings. The molecule has 1 atom stereocenters. The van der Waals surface area contributed by atoms with Gasteiger partial charge in [0.15, 0.2) is 5.78 Å². The molecule has 0 unspecified atom stereocenters. The zero-order valence-electron chi connectivity index (χ0n) is 12.4. The predicted molar refractivity (Wildman–Crippen MR) is 86.3 cm³/mol. The van der Waals surface area contributed by atoms with Gasteiger partial charge < -0.3 is 5.11 Å². The van der Waals surface area contributed by atoms with E-state index in [9.17, 15) is 14.7 Å². The monoisotopic (exact) mass is 329 g/mol. The van der Waals surface area contributed by atoms with E-state index in [2.05, 4.69) is 0 Å². The Morgan fingerprint density at radius 2 is 1.86 bits per heavy atom. The van der Waals surface area contributed by atoms with Crippen molar-refractivity contribution in [1.29, 1.82) is 0 Å². The van der Waals surface area contributed by atoms with E-state index in [1.807, 2.05) is 30.3 Å². The summed E-state index contributed by atoms with van der Waals surface area (Å²) in [5.41, 5.74) is -0.671. The summed E-state index contributed by atoms with van der Waals surface area (Å²) in [6.07, 6.45) is -1.11. The van der Waals surface area contributed by atoms with Gasteiger partial charge in [-0.2, -0.15) is 0 Å². The van der Waals surface area contributed by atoms with Gasteiger partial charge in [0.25, 0.3) is 0 Å². The van der Waals surface area contributed by atoms with E-state index in [1.165, 1.54) is 16.7 Å². The van der Waals surface area contributed by atoms with E-state index in [0.29, 0.717) is 5.75 Å². The second kappa shape index (κ2) is 7.71. The van der Waals surface area contributed by atoms with Gasteiger partial charge >= 0.3 is 6.09 Å². The lowest BCUT2D eigenvalue weighted by atomic mass is 10.0. The van der Waals surface area contributed by atoms with Crippen LogP contribution in [0.15, 0.2) is 35.2 Å². The quantitative estimate of drug-likeness (QED) is 0.638. The summed E-state index contributed by atoms with van der Waals surface area (Å²) in [5.74, 6) is -0.128. The molecule has 0 aliphatic rings. The van der Waals surface area contributed by atoms with Gasteiger partial charge in [0.1, 0.15) is 6.04 Å². The van der Waals surface area contributed by atoms with Gasteiger partial charge in [-0.15, -0.1) is 23.4 Å². The molecule has 0 bridgehead atoms. The van der Waals surface area contributed by atoms with Crippen LogP contribution in [0.2, 0.25) is 0 Å². The van der Waals surface area contributed by atoms with E-state index in [1.54, 1.807) is 20.8 Å². The molecule has 0 saturated heterocycles. The van der Waals surface area contributed by atoms with Gasteiger partial charge in [-0.25, -0.2) is 4.79 Å². The number of nitrogens with zero attached hydrogens (tertiary/aromatic N) is 1. The molecule has 0 aromatic heterocycles. The van der Waals surface area contributed by atoms with Crippen molar-refractivity contribution in [3.8, 4) is 0 Å². The van der Waals surface area contributed by atoms with Gasteiger partial charge in [0.05, 0.1) is 5.88 Å². The highest BCUT2D eigenvalue weighted by Crippen LogP contribution is 2.25. The zero-order valence-corrected chi connectivity index (χ0v) is 13.9. The average molecular weight is 330 g/mol. The highest BCUT2D eigenvalue weighted by molar-refractivity contribution is 7.99. The summed E-state index contributed by atoms with van der Waals surface area (Å²) in [6, 6.07) is 8.80. The number of amides is 1. The fraction of sp³-hybridized carbons (Fsp3) is 0.467. The number of alkyl halides is 1. The van der Waals surface area contributed by atoms with Crippen molar-refractivity contribution in [2.45, 2.75) is 37.2 Å². The van der Waals surface area contributed by atoms with E-state index >= 15 is 0 Å². The lowest BCUT2D eigenvalue weighted by Gasteiger charge is -2.38. The number of rotatable bonds is 6. The number of hydrogen-bond donors (Lipinski definition) is 1. The first-order valence-electron chi connectivity index (χ1n) is 6.56. The third kappa shape index (κ3) is 5.25. The first-order valence-corrected chi connectivity index (χ1v) is 8.08. The van der Waals surface area contributed by atoms with Crippen LogP contribution >= 0.6 is 23.4 Å². The average Bonchev–Trinajstić information content (AvgIpc) is 2.41. The largest absolute Gasteiger partial charge is 0.465 e. The second-order valence-electron chi connectivity index (χ2n) is 5.56. The first kappa shape index (κ1) is 17.9. The molecular weight excluding hydrogens is 310 g/mol. The summed E-state index contributed by atoms with van der Waals surface area (Å²) < 4.78 is 0. The van der Waals surface area contributed by atoms with Crippen molar-refractivity contribution in [2.75, 3.05) is 11.6 Å². The van der Waals surface area contributed by atoms with E-state index in [0.717, 1.165) is 4.90 Å². The Balaban J connectivity index is 2.94. The molecule has 1 amide bonds. The van der Waals surface area contributed by atoms with Crippen LogP contribution in [0.1, 0.15) is 20.8 Å². The van der Waals surface area contributed by atoms with Crippen molar-refractivity contribution in [3.05, 3.63) is 30.3 Å². The summed E-state index contributed by atoms with van der Waals surface area (Å²) in [6.45, 7) is 5.30. The van der Waals surface area contributed by atoms with Gasteiger partial charge in [-0.05, 0) is 32.9 Å². The summed E-state index contributed by atoms with van der Waals surface area (Å²) in [4.78, 5) is 25.8. The Kier molecular flexibility index (Phi) is 6.55. The van der Waals surface area contributed by atoms with Gasteiger partial charge in [-0.1, -0.05) is 18.2 Å². The molecule has 1 rings (SSSR count). The van der Waals surface area contributed by atoms with Crippen LogP contribution in [0.3, 0.4) is 0 Å². The Labute approximate surface area is 134 Å². The smallest absolute Gasteiger partial charge is 0.408 e. The Hall–Kier alpha value is -1.20. The first-order chi connectivity index (χ1) is 9.77. The van der Waals surface area contributed by atoms with Crippen LogP contribution < -0.4 is 0 Å². The highest BCUT2D eigenvalue weighted by Gasteiger charge is 2.36. The van der Waals surface area contributed by atoms with Crippen molar-refractivity contribution in [3.63, 3.8) is 0 Å². The SMILES string of the molecule is CC(C)(C)N(C(=O)O)[C@@H](CSc1ccccc1)C(=O)CCl. The molecule has 21 heavy (non-hydrogen) atoms. The minimum Gasteiger partial charge on any atom is -0.465 e.